The SMILES string of the molecule is CC[Si](CC)(OCCN(C#N)c1ccc(CN2Cc3cccc(NC(=O)c4ccc(Cl)s4)c3C2=O)cc1)C(C)(C)C. The lowest BCUT2D eigenvalue weighted by molar-refractivity contribution is 0.0767. The number of hydrogen-bond donors (Lipinski definition) is 1. The second kappa shape index (κ2) is 12.8. The molecular weight excluding hydrogens is 572 g/mol. The summed E-state index contributed by atoms with van der Waals surface area (Å²) in [7, 11) is -1.92. The standard InChI is InChI=1S/C31H37ClN4O3SSi/c1-6-41(7-2,31(3,4)5)39-18-17-35(21-33)24-13-11-22(12-14-24)19-36-20-23-9-8-10-25(28(23)30(36)38)34-29(37)26-15-16-27(32)40-26/h8-16H,6-7,17-20H2,1-5H3,(H,34,37). The van der Waals surface area contributed by atoms with Gasteiger partial charge in [0.1, 0.15) is 0 Å². The number of carbonyl (C=O) groups excluding carboxylic acids is 2. The zero-order valence-electron chi connectivity index (χ0n) is 24.3. The van der Waals surface area contributed by atoms with E-state index in [1.54, 1.807) is 28.0 Å². The van der Waals surface area contributed by atoms with E-state index in [-0.39, 0.29) is 16.9 Å². The Balaban J connectivity index is 1.39. The molecule has 0 saturated heterocycles. The van der Waals surface area contributed by atoms with E-state index in [9.17, 15) is 14.9 Å². The van der Waals surface area contributed by atoms with Crippen molar-refractivity contribution >= 4 is 54.4 Å². The molecule has 0 radical (unpaired) electrons. The van der Waals surface area contributed by atoms with Gasteiger partial charge in [-0.05, 0) is 58.6 Å². The molecule has 0 fully saturated rings. The first-order chi connectivity index (χ1) is 19.5. The smallest absolute Gasteiger partial charge is 0.265 e. The molecular formula is C31H37ClN4O3SSi. The highest BCUT2D eigenvalue weighted by atomic mass is 35.5. The zero-order chi connectivity index (χ0) is 29.8. The van der Waals surface area contributed by atoms with Gasteiger partial charge in [-0.3, -0.25) is 14.5 Å². The van der Waals surface area contributed by atoms with Crippen LogP contribution in [0.2, 0.25) is 21.5 Å². The molecule has 2 heterocycles. The van der Waals surface area contributed by atoms with Crippen molar-refractivity contribution in [2.45, 2.75) is 64.8 Å². The summed E-state index contributed by atoms with van der Waals surface area (Å²) in [4.78, 5) is 30.0. The molecule has 41 heavy (non-hydrogen) atoms. The van der Waals surface area contributed by atoms with Gasteiger partial charge in [-0.25, -0.2) is 0 Å². The number of nitriles is 1. The Labute approximate surface area is 252 Å². The first-order valence-electron chi connectivity index (χ1n) is 13.9. The zero-order valence-corrected chi connectivity index (χ0v) is 26.9. The molecule has 1 aliphatic rings. The highest BCUT2D eigenvalue weighted by Gasteiger charge is 2.43. The topological polar surface area (TPSA) is 85.7 Å². The second-order valence-corrected chi connectivity index (χ2v) is 18.2. The molecule has 2 amide bonds. The third kappa shape index (κ3) is 6.68. The van der Waals surface area contributed by atoms with Crippen molar-refractivity contribution in [2.24, 2.45) is 0 Å². The predicted octanol–water partition coefficient (Wildman–Crippen LogP) is 7.90. The first kappa shape index (κ1) is 30.8. The summed E-state index contributed by atoms with van der Waals surface area (Å²) in [6, 6.07) is 18.7. The van der Waals surface area contributed by atoms with E-state index in [4.69, 9.17) is 16.0 Å². The molecule has 2 aromatic carbocycles. The summed E-state index contributed by atoms with van der Waals surface area (Å²) in [5.41, 5.74) is 3.64. The number of nitrogens with zero attached hydrogens (tertiary/aromatic N) is 3. The Morgan fingerprint density at radius 1 is 1.15 bits per heavy atom. The molecule has 0 saturated carbocycles. The molecule has 216 valence electrons. The molecule has 4 rings (SSSR count). The van der Waals surface area contributed by atoms with E-state index in [2.05, 4.69) is 46.1 Å². The maximum Gasteiger partial charge on any atom is 0.265 e. The number of nitrogens with one attached hydrogen (secondary N) is 1. The molecule has 0 atom stereocenters. The summed E-state index contributed by atoms with van der Waals surface area (Å²) in [6.45, 7) is 13.1. The van der Waals surface area contributed by atoms with Gasteiger partial charge in [-0.15, -0.1) is 11.3 Å². The number of fused-ring (bicyclic) bond motifs is 1. The average molecular weight is 609 g/mol. The predicted molar refractivity (Wildman–Crippen MR) is 169 cm³/mol. The molecule has 3 aromatic rings. The van der Waals surface area contributed by atoms with Gasteiger partial charge in [0.05, 0.1) is 39.3 Å². The average Bonchev–Trinajstić information content (AvgIpc) is 3.52. The van der Waals surface area contributed by atoms with Crippen LogP contribution in [-0.4, -0.2) is 38.2 Å². The number of benzene rings is 2. The number of thiophene rings is 1. The highest BCUT2D eigenvalue weighted by molar-refractivity contribution is 7.18. The van der Waals surface area contributed by atoms with E-state index in [1.807, 2.05) is 36.4 Å². The summed E-state index contributed by atoms with van der Waals surface area (Å²) in [5, 5.41) is 12.8. The van der Waals surface area contributed by atoms with Gasteiger partial charge in [0, 0.05) is 13.1 Å². The minimum Gasteiger partial charge on any atom is -0.414 e. The summed E-state index contributed by atoms with van der Waals surface area (Å²) < 4.78 is 7.06. The lowest BCUT2D eigenvalue weighted by Gasteiger charge is -2.41. The van der Waals surface area contributed by atoms with Crippen LogP contribution in [0.1, 0.15) is 65.8 Å². The molecule has 0 aliphatic carbocycles. The number of hydrogen-bond acceptors (Lipinski definition) is 6. The van der Waals surface area contributed by atoms with E-state index in [1.165, 1.54) is 11.3 Å². The van der Waals surface area contributed by atoms with E-state index in [0.29, 0.717) is 46.7 Å². The summed E-state index contributed by atoms with van der Waals surface area (Å²) in [5.74, 6) is -0.418. The van der Waals surface area contributed by atoms with Gasteiger partial charge in [-0.2, -0.15) is 5.26 Å². The second-order valence-electron chi connectivity index (χ2n) is 11.3. The highest BCUT2D eigenvalue weighted by Crippen LogP contribution is 2.42. The van der Waals surface area contributed by atoms with E-state index >= 15 is 0 Å². The maximum absolute atomic E-state index is 13.4. The minimum atomic E-state index is -1.92. The Morgan fingerprint density at radius 3 is 2.44 bits per heavy atom. The number of rotatable bonds is 11. The van der Waals surface area contributed by atoms with Crippen LogP contribution < -0.4 is 10.2 Å². The molecule has 1 aromatic heterocycles. The van der Waals surface area contributed by atoms with Crippen LogP contribution in [-0.2, 0) is 17.5 Å². The normalized spacial score (nSPS) is 13.2. The Hall–Kier alpha value is -3.16. The van der Waals surface area contributed by atoms with Crippen molar-refractivity contribution in [2.75, 3.05) is 23.4 Å². The van der Waals surface area contributed by atoms with Crippen LogP contribution in [0.25, 0.3) is 0 Å². The number of halogens is 1. The van der Waals surface area contributed by atoms with Gasteiger partial charge in [0.2, 0.25) is 0 Å². The molecule has 10 heteroatoms. The van der Waals surface area contributed by atoms with Gasteiger partial charge in [0.25, 0.3) is 11.8 Å². The summed E-state index contributed by atoms with van der Waals surface area (Å²) in [6.07, 6.45) is 2.29. The van der Waals surface area contributed by atoms with Crippen LogP contribution in [0, 0.1) is 11.5 Å². The van der Waals surface area contributed by atoms with Crippen molar-refractivity contribution in [3.63, 3.8) is 0 Å². The Kier molecular flexibility index (Phi) is 9.60. The fraction of sp³-hybridized carbons (Fsp3) is 0.387. The number of amides is 2. The maximum atomic E-state index is 13.4. The third-order valence-corrected chi connectivity index (χ3v) is 15.0. The fourth-order valence-electron chi connectivity index (χ4n) is 5.57. The molecule has 0 unspecified atom stereocenters. The van der Waals surface area contributed by atoms with Crippen molar-refractivity contribution < 1.29 is 14.0 Å². The Bertz CT molecular complexity index is 1440. The molecule has 0 bridgehead atoms. The van der Waals surface area contributed by atoms with Gasteiger partial charge in [-0.1, -0.05) is 70.5 Å². The molecule has 1 N–H and O–H groups in total. The Morgan fingerprint density at radius 2 is 1.85 bits per heavy atom. The molecule has 1 aliphatic heterocycles. The lowest BCUT2D eigenvalue weighted by Crippen LogP contribution is -2.47. The van der Waals surface area contributed by atoms with Crippen LogP contribution in [0.4, 0.5) is 11.4 Å². The van der Waals surface area contributed by atoms with Crippen LogP contribution in [0.3, 0.4) is 0 Å². The largest absolute Gasteiger partial charge is 0.414 e. The first-order valence-corrected chi connectivity index (χ1v) is 17.4. The van der Waals surface area contributed by atoms with Crippen LogP contribution in [0.15, 0.2) is 54.6 Å². The molecule has 7 nitrogen and oxygen atoms in total. The van der Waals surface area contributed by atoms with Crippen LogP contribution >= 0.6 is 22.9 Å². The van der Waals surface area contributed by atoms with Crippen LogP contribution in [0.5, 0.6) is 0 Å². The van der Waals surface area contributed by atoms with Crippen molar-refractivity contribution in [3.05, 3.63) is 80.5 Å². The van der Waals surface area contributed by atoms with Crippen molar-refractivity contribution in [1.29, 1.82) is 5.26 Å². The summed E-state index contributed by atoms with van der Waals surface area (Å²) >= 11 is 7.17. The van der Waals surface area contributed by atoms with Gasteiger partial charge in [0.15, 0.2) is 14.5 Å². The fourth-order valence-corrected chi connectivity index (χ4v) is 10.5. The monoisotopic (exact) mass is 608 g/mol. The van der Waals surface area contributed by atoms with Crippen molar-refractivity contribution in [3.8, 4) is 6.19 Å². The van der Waals surface area contributed by atoms with E-state index < -0.39 is 8.32 Å². The van der Waals surface area contributed by atoms with Crippen molar-refractivity contribution in [1.82, 2.24) is 4.90 Å². The number of carbonyl (C=O) groups is 2. The lowest BCUT2D eigenvalue weighted by atomic mass is 10.1. The third-order valence-electron chi connectivity index (χ3n) is 8.00. The number of anilines is 2. The van der Waals surface area contributed by atoms with E-state index in [0.717, 1.165) is 28.9 Å². The van der Waals surface area contributed by atoms with Gasteiger partial charge >= 0.3 is 0 Å². The minimum absolute atomic E-state index is 0.127. The van der Waals surface area contributed by atoms with Gasteiger partial charge < -0.3 is 14.6 Å². The quantitative estimate of drug-likeness (QED) is 0.136. The molecule has 0 spiro atoms.